The molecule has 3 rings (SSSR count). The van der Waals surface area contributed by atoms with Crippen LogP contribution in [0.15, 0.2) is 53.7 Å². The maximum Gasteiger partial charge on any atom is 0.175 e. The van der Waals surface area contributed by atoms with Crippen molar-refractivity contribution in [1.82, 2.24) is 9.88 Å². The Morgan fingerprint density at radius 1 is 1.27 bits per heavy atom. The molecule has 0 radical (unpaired) electrons. The largest absolute Gasteiger partial charge is 0.366 e. The lowest BCUT2D eigenvalue weighted by atomic mass is 10.0. The summed E-state index contributed by atoms with van der Waals surface area (Å²) in [5.74, 6) is 1.23. The minimum Gasteiger partial charge on any atom is -0.366 e. The lowest BCUT2D eigenvalue weighted by Crippen LogP contribution is -2.44. The summed E-state index contributed by atoms with van der Waals surface area (Å²) in [6.07, 6.45) is 1.72. The average Bonchev–Trinajstić information content (AvgIpc) is 2.86. The van der Waals surface area contributed by atoms with Gasteiger partial charge in [0.05, 0.1) is 5.75 Å². The quantitative estimate of drug-likeness (QED) is 0.944. The number of hydrogen-bond donors (Lipinski definition) is 1. The molecule has 1 aliphatic rings. The monoisotopic (exact) mass is 313 g/mol. The first kappa shape index (κ1) is 15.1. The average molecular weight is 313 g/mol. The van der Waals surface area contributed by atoms with Crippen LogP contribution in [0.5, 0.6) is 0 Å². The molecule has 0 unspecified atom stereocenters. The molecule has 1 saturated heterocycles. The highest BCUT2D eigenvalue weighted by Gasteiger charge is 2.43. The van der Waals surface area contributed by atoms with Gasteiger partial charge in [-0.1, -0.05) is 47.7 Å². The first-order valence-electron chi connectivity index (χ1n) is 7.33. The van der Waals surface area contributed by atoms with Crippen LogP contribution in [-0.4, -0.2) is 32.5 Å². The molecule has 0 saturated carbocycles. The molecule has 1 aliphatic heterocycles. The Balaban J connectivity index is 1.95. The molecule has 5 heteroatoms. The topological polar surface area (TPSA) is 48.7 Å². The van der Waals surface area contributed by atoms with E-state index in [2.05, 4.69) is 9.98 Å². The van der Waals surface area contributed by atoms with Crippen molar-refractivity contribution < 1.29 is 5.11 Å². The second-order valence-electron chi connectivity index (χ2n) is 5.30. The van der Waals surface area contributed by atoms with E-state index in [0.717, 1.165) is 10.7 Å². The Morgan fingerprint density at radius 2 is 2.05 bits per heavy atom. The summed E-state index contributed by atoms with van der Waals surface area (Å²) < 4.78 is 0. The normalized spacial score (nSPS) is 23.2. The molecular formula is C17H19N3OS. The second-order valence-corrected chi connectivity index (χ2v) is 6.24. The number of aromatic nitrogens is 1. The standard InChI is InChI=1S/C17H19N3OS/c1-3-20-16(19-15-6-4-5-11-18-15)22-12-17(20,21)14-9-7-13(2)8-10-14/h4-11,21H,3,12H2,1-2H3/t17-/m1/s1. The van der Waals surface area contributed by atoms with Crippen molar-refractivity contribution in [1.29, 1.82) is 0 Å². The molecule has 0 spiro atoms. The van der Waals surface area contributed by atoms with Gasteiger partial charge in [0, 0.05) is 18.3 Å². The molecule has 114 valence electrons. The van der Waals surface area contributed by atoms with Crippen LogP contribution in [0.25, 0.3) is 0 Å². The summed E-state index contributed by atoms with van der Waals surface area (Å²) in [6.45, 7) is 4.75. The van der Waals surface area contributed by atoms with E-state index in [1.165, 1.54) is 5.56 Å². The molecule has 2 heterocycles. The minimum atomic E-state index is -1.01. The molecule has 1 atom stereocenters. The Morgan fingerprint density at radius 3 is 2.68 bits per heavy atom. The molecule has 1 aromatic carbocycles. The predicted molar refractivity (Wildman–Crippen MR) is 91.2 cm³/mol. The van der Waals surface area contributed by atoms with Gasteiger partial charge < -0.3 is 10.0 Å². The summed E-state index contributed by atoms with van der Waals surface area (Å²) in [7, 11) is 0. The van der Waals surface area contributed by atoms with E-state index < -0.39 is 5.72 Å². The zero-order chi connectivity index (χ0) is 15.6. The summed E-state index contributed by atoms with van der Waals surface area (Å²) in [5.41, 5.74) is 1.07. The van der Waals surface area contributed by atoms with Crippen LogP contribution in [0, 0.1) is 6.92 Å². The zero-order valence-corrected chi connectivity index (χ0v) is 13.5. The molecule has 4 nitrogen and oxygen atoms in total. The van der Waals surface area contributed by atoms with E-state index in [0.29, 0.717) is 18.1 Å². The highest BCUT2D eigenvalue weighted by Crippen LogP contribution is 2.39. The fraction of sp³-hybridized carbons (Fsp3) is 0.294. The van der Waals surface area contributed by atoms with Gasteiger partial charge in [0.2, 0.25) is 0 Å². The molecule has 22 heavy (non-hydrogen) atoms. The van der Waals surface area contributed by atoms with Crippen LogP contribution in [0.1, 0.15) is 18.1 Å². The van der Waals surface area contributed by atoms with Crippen molar-refractivity contribution in [2.24, 2.45) is 4.99 Å². The first-order chi connectivity index (χ1) is 10.6. The van der Waals surface area contributed by atoms with Crippen molar-refractivity contribution in [2.45, 2.75) is 19.6 Å². The van der Waals surface area contributed by atoms with E-state index in [1.54, 1.807) is 18.0 Å². The molecule has 0 bridgehead atoms. The summed E-state index contributed by atoms with van der Waals surface area (Å²) >= 11 is 1.56. The van der Waals surface area contributed by atoms with Gasteiger partial charge in [0.25, 0.3) is 0 Å². The molecule has 2 aromatic rings. The van der Waals surface area contributed by atoms with E-state index in [4.69, 9.17) is 0 Å². The number of rotatable bonds is 3. The third kappa shape index (κ3) is 2.74. The zero-order valence-electron chi connectivity index (χ0n) is 12.7. The van der Waals surface area contributed by atoms with Gasteiger partial charge in [-0.25, -0.2) is 9.98 Å². The molecule has 1 fully saturated rings. The smallest absolute Gasteiger partial charge is 0.175 e. The fourth-order valence-electron chi connectivity index (χ4n) is 2.55. The summed E-state index contributed by atoms with van der Waals surface area (Å²) in [6, 6.07) is 13.7. The van der Waals surface area contributed by atoms with Crippen molar-refractivity contribution in [3.05, 3.63) is 59.8 Å². The Kier molecular flexibility index (Phi) is 4.18. The fourth-order valence-corrected chi connectivity index (χ4v) is 3.79. The van der Waals surface area contributed by atoms with Gasteiger partial charge >= 0.3 is 0 Å². The third-order valence-electron chi connectivity index (χ3n) is 3.77. The number of thioether (sulfide) groups is 1. The second kappa shape index (κ2) is 6.10. The number of nitrogens with zero attached hydrogens (tertiary/aromatic N) is 3. The summed E-state index contributed by atoms with van der Waals surface area (Å²) in [5, 5.41) is 12.0. The third-order valence-corrected chi connectivity index (χ3v) is 4.89. The number of aliphatic imine (C=N–C) groups is 1. The van der Waals surface area contributed by atoms with Crippen molar-refractivity contribution >= 4 is 22.7 Å². The molecule has 1 N–H and O–H groups in total. The Hall–Kier alpha value is -1.85. The maximum absolute atomic E-state index is 11.2. The van der Waals surface area contributed by atoms with Crippen LogP contribution in [0.3, 0.4) is 0 Å². The lowest BCUT2D eigenvalue weighted by Gasteiger charge is -2.33. The number of benzene rings is 1. The predicted octanol–water partition coefficient (Wildman–Crippen LogP) is 3.29. The van der Waals surface area contributed by atoms with Gasteiger partial charge in [0.1, 0.15) is 0 Å². The van der Waals surface area contributed by atoms with Gasteiger partial charge in [-0.05, 0) is 26.0 Å². The van der Waals surface area contributed by atoms with Gasteiger partial charge in [-0.3, -0.25) is 0 Å². The molecular weight excluding hydrogens is 294 g/mol. The number of pyridine rings is 1. The van der Waals surface area contributed by atoms with Crippen molar-refractivity contribution in [2.75, 3.05) is 12.3 Å². The Labute approximate surface area is 134 Å². The maximum atomic E-state index is 11.2. The number of hydrogen-bond acceptors (Lipinski definition) is 4. The van der Waals surface area contributed by atoms with Crippen LogP contribution in [-0.2, 0) is 5.72 Å². The number of aryl methyl sites for hydroxylation is 1. The summed E-state index contributed by atoms with van der Waals surface area (Å²) in [4.78, 5) is 10.8. The van der Waals surface area contributed by atoms with Gasteiger partial charge in [-0.15, -0.1) is 0 Å². The Bertz CT molecular complexity index is 672. The SMILES string of the molecule is CCN1C(=Nc2ccccn2)SC[C@@]1(O)c1ccc(C)cc1. The van der Waals surface area contributed by atoms with Crippen molar-refractivity contribution in [3.8, 4) is 0 Å². The van der Waals surface area contributed by atoms with Crippen LogP contribution >= 0.6 is 11.8 Å². The minimum absolute atomic E-state index is 0.565. The molecule has 0 aliphatic carbocycles. The van der Waals surface area contributed by atoms with E-state index in [1.807, 2.05) is 61.2 Å². The van der Waals surface area contributed by atoms with E-state index in [-0.39, 0.29) is 0 Å². The van der Waals surface area contributed by atoms with Crippen LogP contribution < -0.4 is 0 Å². The number of aliphatic hydroxyl groups is 1. The number of amidine groups is 1. The highest BCUT2D eigenvalue weighted by atomic mass is 32.2. The van der Waals surface area contributed by atoms with Crippen molar-refractivity contribution in [3.63, 3.8) is 0 Å². The molecule has 0 amide bonds. The van der Waals surface area contributed by atoms with Gasteiger partial charge in [0.15, 0.2) is 16.7 Å². The van der Waals surface area contributed by atoms with Crippen LogP contribution in [0.4, 0.5) is 5.82 Å². The lowest BCUT2D eigenvalue weighted by molar-refractivity contribution is -0.0452. The first-order valence-corrected chi connectivity index (χ1v) is 8.32. The van der Waals surface area contributed by atoms with Crippen LogP contribution in [0.2, 0.25) is 0 Å². The molecule has 1 aromatic heterocycles. The highest BCUT2D eigenvalue weighted by molar-refractivity contribution is 8.14. The van der Waals surface area contributed by atoms with Gasteiger partial charge in [-0.2, -0.15) is 0 Å². The van der Waals surface area contributed by atoms with E-state index in [9.17, 15) is 5.11 Å². The van der Waals surface area contributed by atoms with E-state index >= 15 is 0 Å².